The fourth-order valence-corrected chi connectivity index (χ4v) is 2.42. The molecule has 0 aliphatic heterocycles. The van der Waals surface area contributed by atoms with Crippen LogP contribution in [0, 0.1) is 0 Å². The molecule has 2 N–H and O–H groups in total. The first-order chi connectivity index (χ1) is 11.0. The maximum absolute atomic E-state index is 12.2. The number of rotatable bonds is 3. The van der Waals surface area contributed by atoms with Crippen LogP contribution in [0.1, 0.15) is 20.7 Å². The van der Waals surface area contributed by atoms with E-state index >= 15 is 0 Å². The summed E-state index contributed by atoms with van der Waals surface area (Å²) in [5.41, 5.74) is 1.35. The molecule has 0 aliphatic carbocycles. The molecule has 0 spiro atoms. The van der Waals surface area contributed by atoms with Gasteiger partial charge in [0.2, 0.25) is 0 Å². The summed E-state index contributed by atoms with van der Waals surface area (Å²) in [6, 6.07) is 13.6. The molecule has 7 heteroatoms. The van der Waals surface area contributed by atoms with Gasteiger partial charge in [0.05, 0.1) is 12.7 Å². The van der Waals surface area contributed by atoms with E-state index < -0.39 is 11.9 Å². The van der Waals surface area contributed by atoms with E-state index in [1.807, 2.05) is 24.3 Å². The summed E-state index contributed by atoms with van der Waals surface area (Å²) in [4.78, 5) is 23.7. The van der Waals surface area contributed by atoms with Gasteiger partial charge in [0.1, 0.15) is 0 Å². The molecule has 23 heavy (non-hydrogen) atoms. The predicted molar refractivity (Wildman–Crippen MR) is 95.6 cm³/mol. The first-order valence-electron chi connectivity index (χ1n) is 6.56. The Balaban J connectivity index is 2.04. The van der Waals surface area contributed by atoms with E-state index in [1.165, 1.54) is 13.2 Å². The molecule has 0 aliphatic rings. The van der Waals surface area contributed by atoms with Gasteiger partial charge in [0.15, 0.2) is 5.11 Å². The number of halogens is 1. The lowest BCUT2D eigenvalue weighted by atomic mass is 10.1. The second-order valence-electron chi connectivity index (χ2n) is 4.49. The van der Waals surface area contributed by atoms with Gasteiger partial charge in [-0.15, -0.1) is 0 Å². The van der Waals surface area contributed by atoms with Crippen molar-refractivity contribution in [3.63, 3.8) is 0 Å². The third-order valence-corrected chi connectivity index (χ3v) is 3.55. The normalized spacial score (nSPS) is 9.83. The van der Waals surface area contributed by atoms with Crippen molar-refractivity contribution in [3.05, 3.63) is 64.1 Å². The van der Waals surface area contributed by atoms with E-state index in [9.17, 15) is 9.59 Å². The number of anilines is 1. The molecule has 0 radical (unpaired) electrons. The quantitative estimate of drug-likeness (QED) is 0.619. The fourth-order valence-electron chi connectivity index (χ4n) is 1.81. The number of amides is 1. The first kappa shape index (κ1) is 17.1. The van der Waals surface area contributed by atoms with Crippen LogP contribution in [0.15, 0.2) is 53.0 Å². The molecule has 0 saturated carbocycles. The zero-order valence-corrected chi connectivity index (χ0v) is 14.5. The second-order valence-corrected chi connectivity index (χ2v) is 5.81. The van der Waals surface area contributed by atoms with Gasteiger partial charge in [-0.1, -0.05) is 28.1 Å². The topological polar surface area (TPSA) is 67.4 Å². The third-order valence-electron chi connectivity index (χ3n) is 2.86. The average Bonchev–Trinajstić information content (AvgIpc) is 2.54. The van der Waals surface area contributed by atoms with Crippen molar-refractivity contribution in [2.75, 3.05) is 12.4 Å². The molecule has 2 rings (SSSR count). The molecule has 0 heterocycles. The van der Waals surface area contributed by atoms with Crippen LogP contribution in [-0.2, 0) is 4.74 Å². The van der Waals surface area contributed by atoms with Crippen molar-refractivity contribution in [1.29, 1.82) is 0 Å². The fraction of sp³-hybridized carbons (Fsp3) is 0.0625. The smallest absolute Gasteiger partial charge is 0.337 e. The lowest BCUT2D eigenvalue weighted by Crippen LogP contribution is -2.34. The number of thiocarbonyl (C=S) groups is 1. The number of carbonyl (C=O) groups excluding carboxylic acids is 2. The van der Waals surface area contributed by atoms with Crippen molar-refractivity contribution in [3.8, 4) is 0 Å². The highest BCUT2D eigenvalue weighted by Crippen LogP contribution is 2.15. The summed E-state index contributed by atoms with van der Waals surface area (Å²) in [6.45, 7) is 0. The molecule has 0 unspecified atom stereocenters. The summed E-state index contributed by atoms with van der Waals surface area (Å²) in [5.74, 6) is -0.919. The van der Waals surface area contributed by atoms with E-state index in [-0.39, 0.29) is 5.11 Å². The van der Waals surface area contributed by atoms with Crippen molar-refractivity contribution in [2.45, 2.75) is 0 Å². The van der Waals surface area contributed by atoms with Crippen LogP contribution in [0.2, 0.25) is 0 Å². The van der Waals surface area contributed by atoms with Crippen LogP contribution in [0.3, 0.4) is 0 Å². The standard InChI is InChI=1S/C16H13BrN2O3S/c1-22-15(21)11-5-2-4-10(8-11)14(20)19-16(23)18-13-7-3-6-12(17)9-13/h2-9H,1H3,(H2,18,19,20,23). The highest BCUT2D eigenvalue weighted by Gasteiger charge is 2.12. The monoisotopic (exact) mass is 392 g/mol. The molecule has 118 valence electrons. The zero-order valence-electron chi connectivity index (χ0n) is 12.1. The summed E-state index contributed by atoms with van der Waals surface area (Å²) >= 11 is 8.47. The predicted octanol–water partition coefficient (Wildman–Crippen LogP) is 3.36. The summed E-state index contributed by atoms with van der Waals surface area (Å²) in [6.07, 6.45) is 0. The number of benzene rings is 2. The van der Waals surface area contributed by atoms with Crippen molar-refractivity contribution >= 4 is 50.8 Å². The van der Waals surface area contributed by atoms with Crippen LogP contribution < -0.4 is 10.6 Å². The van der Waals surface area contributed by atoms with E-state index in [1.54, 1.807) is 18.2 Å². The van der Waals surface area contributed by atoms with Gasteiger partial charge in [0, 0.05) is 15.7 Å². The van der Waals surface area contributed by atoms with E-state index in [0.29, 0.717) is 11.1 Å². The van der Waals surface area contributed by atoms with Crippen molar-refractivity contribution < 1.29 is 14.3 Å². The van der Waals surface area contributed by atoms with Crippen LogP contribution in [0.4, 0.5) is 5.69 Å². The molecule has 0 atom stereocenters. The van der Waals surface area contributed by atoms with Gasteiger partial charge in [-0.05, 0) is 48.6 Å². The minimum Gasteiger partial charge on any atom is -0.465 e. The Morgan fingerprint density at radius 3 is 2.48 bits per heavy atom. The molecule has 2 aromatic rings. The highest BCUT2D eigenvalue weighted by molar-refractivity contribution is 9.10. The maximum atomic E-state index is 12.2. The Morgan fingerprint density at radius 2 is 1.78 bits per heavy atom. The van der Waals surface area contributed by atoms with Gasteiger partial charge in [-0.3, -0.25) is 10.1 Å². The van der Waals surface area contributed by atoms with Gasteiger partial charge in [-0.25, -0.2) is 4.79 Å². The van der Waals surface area contributed by atoms with E-state index in [2.05, 4.69) is 31.3 Å². The number of hydrogen-bond acceptors (Lipinski definition) is 4. The van der Waals surface area contributed by atoms with E-state index in [0.717, 1.165) is 10.2 Å². The number of esters is 1. The Kier molecular flexibility index (Phi) is 5.84. The Bertz CT molecular complexity index is 764. The number of hydrogen-bond donors (Lipinski definition) is 2. The molecular weight excluding hydrogens is 380 g/mol. The lowest BCUT2D eigenvalue weighted by Gasteiger charge is -2.10. The van der Waals surface area contributed by atoms with Crippen LogP contribution in [0.5, 0.6) is 0 Å². The molecule has 0 bridgehead atoms. The molecule has 1 amide bonds. The number of methoxy groups -OCH3 is 1. The van der Waals surface area contributed by atoms with Gasteiger partial charge < -0.3 is 10.1 Å². The van der Waals surface area contributed by atoms with Crippen LogP contribution in [0.25, 0.3) is 0 Å². The van der Waals surface area contributed by atoms with Crippen molar-refractivity contribution in [2.24, 2.45) is 0 Å². The number of nitrogens with one attached hydrogen (secondary N) is 2. The zero-order chi connectivity index (χ0) is 16.8. The average molecular weight is 393 g/mol. The first-order valence-corrected chi connectivity index (χ1v) is 7.76. The molecular formula is C16H13BrN2O3S. The van der Waals surface area contributed by atoms with Gasteiger partial charge in [-0.2, -0.15) is 0 Å². The maximum Gasteiger partial charge on any atom is 0.337 e. The number of ether oxygens (including phenoxy) is 1. The van der Waals surface area contributed by atoms with Gasteiger partial charge in [0.25, 0.3) is 5.91 Å². The Hall–Kier alpha value is -2.25. The Morgan fingerprint density at radius 1 is 1.09 bits per heavy atom. The molecule has 2 aromatic carbocycles. The Labute approximate surface area is 147 Å². The van der Waals surface area contributed by atoms with Crippen LogP contribution >= 0.6 is 28.1 Å². The van der Waals surface area contributed by atoms with Gasteiger partial charge >= 0.3 is 5.97 Å². The minimum atomic E-state index is -0.505. The molecule has 0 saturated heterocycles. The molecule has 0 fully saturated rings. The SMILES string of the molecule is COC(=O)c1cccc(C(=O)NC(=S)Nc2cccc(Br)c2)c1. The van der Waals surface area contributed by atoms with E-state index in [4.69, 9.17) is 12.2 Å². The molecule has 0 aromatic heterocycles. The highest BCUT2D eigenvalue weighted by atomic mass is 79.9. The van der Waals surface area contributed by atoms with Crippen molar-refractivity contribution in [1.82, 2.24) is 5.32 Å². The summed E-state index contributed by atoms with van der Waals surface area (Å²) in [5, 5.41) is 5.64. The molecule has 5 nitrogen and oxygen atoms in total. The summed E-state index contributed by atoms with van der Waals surface area (Å²) in [7, 11) is 1.28. The third kappa shape index (κ3) is 4.87. The van der Waals surface area contributed by atoms with Crippen LogP contribution in [-0.4, -0.2) is 24.1 Å². The lowest BCUT2D eigenvalue weighted by molar-refractivity contribution is 0.0600. The second kappa shape index (κ2) is 7.85. The number of carbonyl (C=O) groups is 2. The summed E-state index contributed by atoms with van der Waals surface area (Å²) < 4.78 is 5.52. The minimum absolute atomic E-state index is 0.163. The largest absolute Gasteiger partial charge is 0.465 e.